The van der Waals surface area contributed by atoms with E-state index in [1.807, 2.05) is 0 Å². The molecular weight excluding hydrogens is 171 g/mol. The van der Waals surface area contributed by atoms with Crippen LogP contribution in [0.3, 0.4) is 0 Å². The molecule has 3 heteroatoms. The van der Waals surface area contributed by atoms with Gasteiger partial charge in [-0.05, 0) is 19.0 Å². The van der Waals surface area contributed by atoms with Crippen molar-refractivity contribution < 1.29 is 9.47 Å². The number of rotatable bonds is 8. The molecule has 0 radical (unpaired) electrons. The Morgan fingerprint density at radius 1 is 1.08 bits per heavy atom. The molecule has 12 heavy (non-hydrogen) atoms. The molecule has 0 aliphatic rings. The first-order valence-electron chi connectivity index (χ1n) is 4.78. The molecule has 0 aromatic heterocycles. The Bertz CT molecular complexity index is 80.6. The molecule has 1 unspecified atom stereocenters. The maximum absolute atomic E-state index is 5.50. The first-order chi connectivity index (χ1) is 5.85. The minimum absolute atomic E-state index is 0.0161. The lowest BCUT2D eigenvalue weighted by atomic mass is 10.4. The van der Waals surface area contributed by atoms with Gasteiger partial charge < -0.3 is 9.47 Å². The van der Waals surface area contributed by atoms with Crippen LogP contribution in [0.25, 0.3) is 0 Å². The standard InChI is InChI=1S/C9H21O2P/c1-3-6-10-9(5-8-12)11-7-4-2/h9H,3-8,12H2,1-2H3. The summed E-state index contributed by atoms with van der Waals surface area (Å²) in [6, 6.07) is 0. The van der Waals surface area contributed by atoms with Crippen molar-refractivity contribution >= 4 is 9.24 Å². The lowest BCUT2D eigenvalue weighted by Gasteiger charge is -2.16. The van der Waals surface area contributed by atoms with Crippen molar-refractivity contribution in [2.24, 2.45) is 0 Å². The molecule has 1 atom stereocenters. The van der Waals surface area contributed by atoms with Crippen LogP contribution in [0.2, 0.25) is 0 Å². The lowest BCUT2D eigenvalue weighted by molar-refractivity contribution is -0.142. The van der Waals surface area contributed by atoms with E-state index in [0.717, 1.165) is 38.6 Å². The molecule has 0 rings (SSSR count). The Kier molecular flexibility index (Phi) is 9.71. The van der Waals surface area contributed by atoms with Crippen LogP contribution >= 0.6 is 9.24 Å². The minimum atomic E-state index is 0.0161. The zero-order valence-electron chi connectivity index (χ0n) is 8.21. The third-order valence-electron chi connectivity index (χ3n) is 1.42. The lowest BCUT2D eigenvalue weighted by Crippen LogP contribution is -2.18. The van der Waals surface area contributed by atoms with Crippen LogP contribution in [0.5, 0.6) is 0 Å². The Morgan fingerprint density at radius 2 is 1.58 bits per heavy atom. The van der Waals surface area contributed by atoms with Crippen LogP contribution in [0.1, 0.15) is 33.1 Å². The second-order valence-corrected chi connectivity index (χ2v) is 3.33. The summed E-state index contributed by atoms with van der Waals surface area (Å²) in [7, 11) is 2.69. The normalized spacial score (nSPS) is 11.0. The number of ether oxygens (including phenoxy) is 2. The Labute approximate surface area is 78.2 Å². The van der Waals surface area contributed by atoms with E-state index in [1.165, 1.54) is 0 Å². The predicted octanol–water partition coefficient (Wildman–Crippen LogP) is 2.43. The second-order valence-electron chi connectivity index (χ2n) is 2.75. The maximum atomic E-state index is 5.50. The zero-order chi connectivity index (χ0) is 9.23. The highest BCUT2D eigenvalue weighted by Gasteiger charge is 2.06. The fraction of sp³-hybridized carbons (Fsp3) is 1.00. The zero-order valence-corrected chi connectivity index (χ0v) is 9.37. The van der Waals surface area contributed by atoms with Crippen LogP contribution in [0.15, 0.2) is 0 Å². The molecule has 74 valence electrons. The summed E-state index contributed by atoms with van der Waals surface area (Å²) in [5.41, 5.74) is 0. The van der Waals surface area contributed by atoms with E-state index in [9.17, 15) is 0 Å². The molecule has 0 saturated heterocycles. The van der Waals surface area contributed by atoms with Crippen LogP contribution in [0.4, 0.5) is 0 Å². The van der Waals surface area contributed by atoms with Crippen LogP contribution in [-0.2, 0) is 9.47 Å². The first kappa shape index (κ1) is 12.3. The van der Waals surface area contributed by atoms with Gasteiger partial charge in [-0.2, -0.15) is 0 Å². The van der Waals surface area contributed by atoms with Gasteiger partial charge in [-0.3, -0.25) is 0 Å². The highest BCUT2D eigenvalue weighted by molar-refractivity contribution is 7.16. The molecule has 0 fully saturated rings. The van der Waals surface area contributed by atoms with Gasteiger partial charge >= 0.3 is 0 Å². The summed E-state index contributed by atoms with van der Waals surface area (Å²) in [4.78, 5) is 0. The maximum Gasteiger partial charge on any atom is 0.157 e. The van der Waals surface area contributed by atoms with Gasteiger partial charge in [-0.25, -0.2) is 0 Å². The molecule has 0 aliphatic carbocycles. The van der Waals surface area contributed by atoms with E-state index >= 15 is 0 Å². The average Bonchev–Trinajstić information content (AvgIpc) is 2.10. The van der Waals surface area contributed by atoms with E-state index in [1.54, 1.807) is 0 Å². The van der Waals surface area contributed by atoms with E-state index < -0.39 is 0 Å². The minimum Gasteiger partial charge on any atom is -0.353 e. The van der Waals surface area contributed by atoms with Crippen LogP contribution in [-0.4, -0.2) is 25.7 Å². The summed E-state index contributed by atoms with van der Waals surface area (Å²) >= 11 is 0. The molecule has 0 amide bonds. The fourth-order valence-electron chi connectivity index (χ4n) is 0.849. The largest absolute Gasteiger partial charge is 0.353 e. The van der Waals surface area contributed by atoms with Crippen molar-refractivity contribution in [3.05, 3.63) is 0 Å². The SMILES string of the molecule is CCCOC(CCP)OCCC. The smallest absolute Gasteiger partial charge is 0.157 e. The van der Waals surface area contributed by atoms with Crippen molar-refractivity contribution in [1.82, 2.24) is 0 Å². The highest BCUT2D eigenvalue weighted by atomic mass is 31.0. The number of hydrogen-bond acceptors (Lipinski definition) is 2. The van der Waals surface area contributed by atoms with Gasteiger partial charge in [0.2, 0.25) is 0 Å². The monoisotopic (exact) mass is 192 g/mol. The molecule has 0 aromatic rings. The second kappa shape index (κ2) is 9.44. The summed E-state index contributed by atoms with van der Waals surface area (Å²) in [6.07, 6.45) is 4.15. The molecule has 0 saturated carbocycles. The van der Waals surface area contributed by atoms with E-state index in [-0.39, 0.29) is 6.29 Å². The van der Waals surface area contributed by atoms with Crippen molar-refractivity contribution in [2.75, 3.05) is 19.4 Å². The fourth-order valence-corrected chi connectivity index (χ4v) is 1.12. The van der Waals surface area contributed by atoms with Gasteiger partial charge in [0.25, 0.3) is 0 Å². The quantitative estimate of drug-likeness (QED) is 0.434. The summed E-state index contributed by atoms with van der Waals surface area (Å²) in [5.74, 6) is 0. The molecule has 0 aromatic carbocycles. The van der Waals surface area contributed by atoms with Crippen molar-refractivity contribution in [2.45, 2.75) is 39.4 Å². The highest BCUT2D eigenvalue weighted by Crippen LogP contribution is 2.04. The number of hydrogen-bond donors (Lipinski definition) is 0. The van der Waals surface area contributed by atoms with Gasteiger partial charge in [0.05, 0.1) is 0 Å². The summed E-state index contributed by atoms with van der Waals surface area (Å²) in [6.45, 7) is 5.83. The summed E-state index contributed by atoms with van der Waals surface area (Å²) < 4.78 is 11.0. The Hall–Kier alpha value is 0.350. The molecule has 2 nitrogen and oxygen atoms in total. The Morgan fingerprint density at radius 3 is 1.92 bits per heavy atom. The molecular formula is C9H21O2P. The summed E-state index contributed by atoms with van der Waals surface area (Å²) in [5, 5.41) is 0. The molecule has 0 heterocycles. The molecule has 0 spiro atoms. The van der Waals surface area contributed by atoms with E-state index in [0.29, 0.717) is 0 Å². The van der Waals surface area contributed by atoms with Gasteiger partial charge in [0, 0.05) is 19.6 Å². The predicted molar refractivity (Wildman–Crippen MR) is 55.5 cm³/mol. The van der Waals surface area contributed by atoms with Gasteiger partial charge in [-0.15, -0.1) is 9.24 Å². The third-order valence-corrected chi connectivity index (χ3v) is 1.75. The van der Waals surface area contributed by atoms with Crippen molar-refractivity contribution in [3.63, 3.8) is 0 Å². The van der Waals surface area contributed by atoms with Gasteiger partial charge in [0.15, 0.2) is 6.29 Å². The van der Waals surface area contributed by atoms with E-state index in [2.05, 4.69) is 23.1 Å². The third kappa shape index (κ3) is 7.02. The average molecular weight is 192 g/mol. The molecule has 0 N–H and O–H groups in total. The van der Waals surface area contributed by atoms with Crippen molar-refractivity contribution in [1.29, 1.82) is 0 Å². The van der Waals surface area contributed by atoms with Crippen molar-refractivity contribution in [3.8, 4) is 0 Å². The van der Waals surface area contributed by atoms with Gasteiger partial charge in [0.1, 0.15) is 0 Å². The Balaban J connectivity index is 3.40. The molecule has 0 aliphatic heterocycles. The van der Waals surface area contributed by atoms with E-state index in [4.69, 9.17) is 9.47 Å². The van der Waals surface area contributed by atoms with Gasteiger partial charge in [-0.1, -0.05) is 13.8 Å². The van der Waals surface area contributed by atoms with Crippen LogP contribution in [0, 0.1) is 0 Å². The van der Waals surface area contributed by atoms with Crippen LogP contribution < -0.4 is 0 Å². The topological polar surface area (TPSA) is 18.5 Å². The molecule has 0 bridgehead atoms. The first-order valence-corrected chi connectivity index (χ1v) is 5.60.